The Bertz CT molecular complexity index is 178. The first kappa shape index (κ1) is 10.5. The van der Waals surface area contributed by atoms with Crippen LogP contribution in [0.2, 0.25) is 0 Å². The Morgan fingerprint density at radius 3 is 1.71 bits per heavy atom. The van der Waals surface area contributed by atoms with Crippen molar-refractivity contribution in [2.45, 2.75) is 70.9 Å². The maximum atomic E-state index is 3.92. The standard InChI is InChI=1S/C13H25N/c1-10-6-3-4-8-12(10)14-13-9-5-7-11(13)2/h10-14H,3-9H2,1-2H3/t10-,11-,12+,13+/m1/s1. The molecule has 0 aliphatic heterocycles. The molecule has 0 aromatic rings. The summed E-state index contributed by atoms with van der Waals surface area (Å²) < 4.78 is 0. The zero-order valence-electron chi connectivity index (χ0n) is 9.76. The minimum Gasteiger partial charge on any atom is -0.311 e. The number of hydrogen-bond acceptors (Lipinski definition) is 1. The molecule has 1 nitrogen and oxygen atoms in total. The van der Waals surface area contributed by atoms with Crippen molar-refractivity contribution in [3.63, 3.8) is 0 Å². The summed E-state index contributed by atoms with van der Waals surface area (Å²) >= 11 is 0. The van der Waals surface area contributed by atoms with E-state index in [0.29, 0.717) is 0 Å². The molecule has 0 amide bonds. The first-order valence-corrected chi connectivity index (χ1v) is 6.53. The second kappa shape index (κ2) is 4.65. The van der Waals surface area contributed by atoms with Gasteiger partial charge in [-0.1, -0.05) is 33.1 Å². The Hall–Kier alpha value is -0.0400. The summed E-state index contributed by atoms with van der Waals surface area (Å²) in [6.45, 7) is 4.84. The van der Waals surface area contributed by atoms with Crippen LogP contribution in [0.1, 0.15) is 58.8 Å². The molecule has 0 heterocycles. The van der Waals surface area contributed by atoms with Crippen LogP contribution in [0.15, 0.2) is 0 Å². The molecule has 14 heavy (non-hydrogen) atoms. The maximum absolute atomic E-state index is 3.92. The molecule has 0 spiro atoms. The zero-order valence-corrected chi connectivity index (χ0v) is 9.76. The molecular formula is C13H25N. The van der Waals surface area contributed by atoms with Crippen molar-refractivity contribution >= 4 is 0 Å². The van der Waals surface area contributed by atoms with Gasteiger partial charge < -0.3 is 5.32 Å². The predicted molar refractivity (Wildman–Crippen MR) is 61.4 cm³/mol. The van der Waals surface area contributed by atoms with Gasteiger partial charge in [-0.2, -0.15) is 0 Å². The van der Waals surface area contributed by atoms with Crippen LogP contribution in [-0.2, 0) is 0 Å². The van der Waals surface area contributed by atoms with Gasteiger partial charge in [0.25, 0.3) is 0 Å². The molecule has 4 atom stereocenters. The quantitative estimate of drug-likeness (QED) is 0.712. The molecular weight excluding hydrogens is 170 g/mol. The van der Waals surface area contributed by atoms with Crippen molar-refractivity contribution in [1.82, 2.24) is 5.32 Å². The van der Waals surface area contributed by atoms with Gasteiger partial charge in [-0.05, 0) is 37.5 Å². The summed E-state index contributed by atoms with van der Waals surface area (Å²) in [5.41, 5.74) is 0. The third kappa shape index (κ3) is 2.31. The van der Waals surface area contributed by atoms with Gasteiger partial charge in [0.15, 0.2) is 0 Å². The van der Waals surface area contributed by atoms with E-state index in [-0.39, 0.29) is 0 Å². The van der Waals surface area contributed by atoms with E-state index in [1.54, 1.807) is 0 Å². The molecule has 1 N–H and O–H groups in total. The van der Waals surface area contributed by atoms with Gasteiger partial charge in [-0.15, -0.1) is 0 Å². The minimum absolute atomic E-state index is 0.828. The highest BCUT2D eigenvalue weighted by Crippen LogP contribution is 2.29. The van der Waals surface area contributed by atoms with Gasteiger partial charge in [0.2, 0.25) is 0 Å². The molecule has 1 heteroatoms. The van der Waals surface area contributed by atoms with E-state index < -0.39 is 0 Å². The molecule has 2 aliphatic rings. The highest BCUT2D eigenvalue weighted by atomic mass is 15.0. The highest BCUT2D eigenvalue weighted by Gasteiger charge is 2.28. The Labute approximate surface area is 88.7 Å². The largest absolute Gasteiger partial charge is 0.311 e. The smallest absolute Gasteiger partial charge is 0.00953 e. The fourth-order valence-corrected chi connectivity index (χ4v) is 3.23. The summed E-state index contributed by atoms with van der Waals surface area (Å²) in [6, 6.07) is 1.66. The predicted octanol–water partition coefficient (Wildman–Crippen LogP) is 3.34. The summed E-state index contributed by atoms with van der Waals surface area (Å²) in [5, 5.41) is 3.92. The monoisotopic (exact) mass is 195 g/mol. The van der Waals surface area contributed by atoms with Crippen LogP contribution in [0.4, 0.5) is 0 Å². The van der Waals surface area contributed by atoms with E-state index in [1.807, 2.05) is 0 Å². The molecule has 0 aromatic heterocycles. The maximum Gasteiger partial charge on any atom is 0.00953 e. The van der Waals surface area contributed by atoms with E-state index in [9.17, 15) is 0 Å². The van der Waals surface area contributed by atoms with Crippen LogP contribution in [-0.4, -0.2) is 12.1 Å². The van der Waals surface area contributed by atoms with Crippen molar-refractivity contribution in [3.8, 4) is 0 Å². The average Bonchev–Trinajstić information content (AvgIpc) is 2.56. The minimum atomic E-state index is 0.828. The van der Waals surface area contributed by atoms with Gasteiger partial charge in [-0.3, -0.25) is 0 Å². The third-order valence-corrected chi connectivity index (χ3v) is 4.40. The molecule has 2 rings (SSSR count). The zero-order chi connectivity index (χ0) is 9.97. The van der Waals surface area contributed by atoms with Crippen molar-refractivity contribution in [2.24, 2.45) is 11.8 Å². The first-order chi connectivity index (χ1) is 6.77. The van der Waals surface area contributed by atoms with E-state index in [4.69, 9.17) is 0 Å². The fourth-order valence-electron chi connectivity index (χ4n) is 3.23. The summed E-state index contributed by atoms with van der Waals surface area (Å²) in [4.78, 5) is 0. The Morgan fingerprint density at radius 2 is 1.21 bits per heavy atom. The van der Waals surface area contributed by atoms with Crippen molar-refractivity contribution < 1.29 is 0 Å². The van der Waals surface area contributed by atoms with Crippen LogP contribution in [0.25, 0.3) is 0 Å². The van der Waals surface area contributed by atoms with Crippen LogP contribution in [0.3, 0.4) is 0 Å². The molecule has 2 aliphatic carbocycles. The molecule has 0 bridgehead atoms. The number of nitrogens with one attached hydrogen (secondary N) is 1. The Morgan fingerprint density at radius 1 is 0.714 bits per heavy atom. The Kier molecular flexibility index (Phi) is 3.48. The van der Waals surface area contributed by atoms with Crippen molar-refractivity contribution in [1.29, 1.82) is 0 Å². The average molecular weight is 195 g/mol. The van der Waals surface area contributed by atoms with E-state index in [1.165, 1.54) is 44.9 Å². The fraction of sp³-hybridized carbons (Fsp3) is 1.00. The molecule has 0 saturated heterocycles. The topological polar surface area (TPSA) is 12.0 Å². The van der Waals surface area contributed by atoms with Gasteiger partial charge in [0, 0.05) is 12.1 Å². The first-order valence-electron chi connectivity index (χ1n) is 6.53. The normalized spacial score (nSPS) is 44.1. The summed E-state index contributed by atoms with van der Waals surface area (Å²) in [7, 11) is 0. The molecule has 2 saturated carbocycles. The summed E-state index contributed by atoms with van der Waals surface area (Å²) in [5.74, 6) is 1.83. The third-order valence-electron chi connectivity index (χ3n) is 4.40. The number of hydrogen-bond donors (Lipinski definition) is 1. The molecule has 0 aromatic carbocycles. The van der Waals surface area contributed by atoms with Crippen molar-refractivity contribution in [3.05, 3.63) is 0 Å². The van der Waals surface area contributed by atoms with Crippen LogP contribution < -0.4 is 5.32 Å². The van der Waals surface area contributed by atoms with Gasteiger partial charge in [-0.25, -0.2) is 0 Å². The second-order valence-corrected chi connectivity index (χ2v) is 5.55. The SMILES string of the molecule is C[C@@H]1CCCC[C@@H]1N[C@H]1CCC[C@H]1C. The van der Waals surface area contributed by atoms with Crippen molar-refractivity contribution in [2.75, 3.05) is 0 Å². The number of rotatable bonds is 2. The second-order valence-electron chi connectivity index (χ2n) is 5.55. The molecule has 0 unspecified atom stereocenters. The lowest BCUT2D eigenvalue weighted by Gasteiger charge is -2.33. The molecule has 2 fully saturated rings. The van der Waals surface area contributed by atoms with Crippen LogP contribution in [0.5, 0.6) is 0 Å². The lowest BCUT2D eigenvalue weighted by molar-refractivity contribution is 0.243. The van der Waals surface area contributed by atoms with Gasteiger partial charge in [0.1, 0.15) is 0 Å². The Balaban J connectivity index is 1.83. The molecule has 0 radical (unpaired) electrons. The molecule has 82 valence electrons. The summed E-state index contributed by atoms with van der Waals surface area (Å²) in [6.07, 6.45) is 10.1. The lowest BCUT2D eigenvalue weighted by atomic mass is 9.85. The van der Waals surface area contributed by atoms with E-state index in [2.05, 4.69) is 19.2 Å². The van der Waals surface area contributed by atoms with Gasteiger partial charge >= 0.3 is 0 Å². The van der Waals surface area contributed by atoms with E-state index >= 15 is 0 Å². The van der Waals surface area contributed by atoms with Crippen LogP contribution >= 0.6 is 0 Å². The highest BCUT2D eigenvalue weighted by molar-refractivity contribution is 4.86. The van der Waals surface area contributed by atoms with E-state index in [0.717, 1.165) is 23.9 Å². The van der Waals surface area contributed by atoms with Gasteiger partial charge in [0.05, 0.1) is 0 Å². The van der Waals surface area contributed by atoms with Crippen LogP contribution in [0, 0.1) is 11.8 Å². The lowest BCUT2D eigenvalue weighted by Crippen LogP contribution is -2.44.